The summed E-state index contributed by atoms with van der Waals surface area (Å²) in [4.78, 5) is 0. The monoisotopic (exact) mass is 270 g/mol. The van der Waals surface area contributed by atoms with Gasteiger partial charge in [0.25, 0.3) is 0 Å². The SMILES string of the molecule is CC[C@H](O)c1ccc(-n2ccc(C(F)(F)F)n2)cc1. The van der Waals surface area contributed by atoms with E-state index in [4.69, 9.17) is 0 Å². The number of alkyl halides is 3. The number of halogens is 3. The molecule has 6 heteroatoms. The van der Waals surface area contributed by atoms with Crippen molar-refractivity contribution in [3.8, 4) is 5.69 Å². The van der Waals surface area contributed by atoms with Gasteiger partial charge in [-0.15, -0.1) is 0 Å². The zero-order chi connectivity index (χ0) is 14.0. The summed E-state index contributed by atoms with van der Waals surface area (Å²) in [6, 6.07) is 7.54. The lowest BCUT2D eigenvalue weighted by Gasteiger charge is -2.09. The summed E-state index contributed by atoms with van der Waals surface area (Å²) in [6.45, 7) is 1.85. The lowest BCUT2D eigenvalue weighted by atomic mass is 10.1. The molecule has 102 valence electrons. The number of hydrogen-bond acceptors (Lipinski definition) is 2. The zero-order valence-electron chi connectivity index (χ0n) is 10.2. The average molecular weight is 270 g/mol. The van der Waals surface area contributed by atoms with Crippen LogP contribution < -0.4 is 0 Å². The molecule has 0 radical (unpaired) electrons. The summed E-state index contributed by atoms with van der Waals surface area (Å²) in [7, 11) is 0. The van der Waals surface area contributed by atoms with Crippen LogP contribution in [0.3, 0.4) is 0 Å². The van der Waals surface area contributed by atoms with E-state index >= 15 is 0 Å². The Bertz CT molecular complexity index is 546. The number of rotatable bonds is 3. The molecule has 2 aromatic rings. The Labute approximate surface area is 108 Å². The molecule has 0 unspecified atom stereocenters. The van der Waals surface area contributed by atoms with Gasteiger partial charge in [0.15, 0.2) is 5.69 Å². The van der Waals surface area contributed by atoms with E-state index in [1.807, 2.05) is 6.92 Å². The van der Waals surface area contributed by atoms with Gasteiger partial charge in [0.2, 0.25) is 0 Å². The minimum Gasteiger partial charge on any atom is -0.388 e. The van der Waals surface area contributed by atoms with Gasteiger partial charge in [-0.25, -0.2) is 4.68 Å². The largest absolute Gasteiger partial charge is 0.435 e. The lowest BCUT2D eigenvalue weighted by Crippen LogP contribution is -2.07. The second-order valence-corrected chi connectivity index (χ2v) is 4.16. The molecule has 1 heterocycles. The van der Waals surface area contributed by atoms with E-state index in [0.717, 1.165) is 16.3 Å². The summed E-state index contributed by atoms with van der Waals surface area (Å²) in [6.07, 6.45) is -3.16. The summed E-state index contributed by atoms with van der Waals surface area (Å²) in [5, 5.41) is 13.1. The van der Waals surface area contributed by atoms with Crippen LogP contribution in [-0.4, -0.2) is 14.9 Å². The van der Waals surface area contributed by atoms with Crippen molar-refractivity contribution in [1.29, 1.82) is 0 Å². The predicted octanol–water partition coefficient (Wildman–Crippen LogP) is 3.33. The fraction of sp³-hybridized carbons (Fsp3) is 0.308. The van der Waals surface area contributed by atoms with Crippen LogP contribution in [0.2, 0.25) is 0 Å². The first-order chi connectivity index (χ1) is 8.91. The third-order valence-corrected chi connectivity index (χ3v) is 2.81. The Morgan fingerprint density at radius 2 is 1.84 bits per heavy atom. The average Bonchev–Trinajstić information content (AvgIpc) is 2.87. The van der Waals surface area contributed by atoms with Gasteiger partial charge >= 0.3 is 6.18 Å². The van der Waals surface area contributed by atoms with Crippen LogP contribution in [0.4, 0.5) is 13.2 Å². The van der Waals surface area contributed by atoms with Crippen LogP contribution in [0, 0.1) is 0 Å². The van der Waals surface area contributed by atoms with E-state index < -0.39 is 18.0 Å². The highest BCUT2D eigenvalue weighted by molar-refractivity contribution is 5.35. The van der Waals surface area contributed by atoms with E-state index in [1.54, 1.807) is 24.3 Å². The fourth-order valence-electron chi connectivity index (χ4n) is 1.70. The molecule has 3 nitrogen and oxygen atoms in total. The summed E-state index contributed by atoms with van der Waals surface area (Å²) in [5.41, 5.74) is 0.321. The molecule has 0 saturated heterocycles. The molecule has 0 fully saturated rings. The maximum absolute atomic E-state index is 12.4. The van der Waals surface area contributed by atoms with Crippen LogP contribution in [-0.2, 0) is 6.18 Å². The number of nitrogens with zero attached hydrogens (tertiary/aromatic N) is 2. The molecule has 1 atom stereocenters. The first kappa shape index (κ1) is 13.6. The van der Waals surface area contributed by atoms with Crippen LogP contribution in [0.15, 0.2) is 36.5 Å². The number of benzene rings is 1. The molecule has 1 N–H and O–H groups in total. The molecule has 0 bridgehead atoms. The molecule has 1 aromatic carbocycles. The standard InChI is InChI=1S/C13H13F3N2O/c1-2-11(19)9-3-5-10(6-4-9)18-8-7-12(17-18)13(14,15)16/h3-8,11,19H,2H2,1H3/t11-/m0/s1. The Morgan fingerprint density at radius 1 is 1.21 bits per heavy atom. The van der Waals surface area contributed by atoms with Gasteiger partial charge in [-0.05, 0) is 30.2 Å². The van der Waals surface area contributed by atoms with E-state index in [0.29, 0.717) is 12.1 Å². The third-order valence-electron chi connectivity index (χ3n) is 2.81. The van der Waals surface area contributed by atoms with Crippen molar-refractivity contribution >= 4 is 0 Å². The molecular formula is C13H13F3N2O. The molecule has 0 spiro atoms. The topological polar surface area (TPSA) is 38.0 Å². The van der Waals surface area contributed by atoms with Crippen molar-refractivity contribution in [2.45, 2.75) is 25.6 Å². The highest BCUT2D eigenvalue weighted by atomic mass is 19.4. The number of aromatic nitrogens is 2. The zero-order valence-corrected chi connectivity index (χ0v) is 10.2. The van der Waals surface area contributed by atoms with Gasteiger partial charge in [-0.3, -0.25) is 0 Å². The van der Waals surface area contributed by atoms with Crippen molar-refractivity contribution in [3.05, 3.63) is 47.8 Å². The highest BCUT2D eigenvalue weighted by Gasteiger charge is 2.33. The first-order valence-electron chi connectivity index (χ1n) is 5.83. The van der Waals surface area contributed by atoms with E-state index in [9.17, 15) is 18.3 Å². The van der Waals surface area contributed by atoms with Gasteiger partial charge in [-0.2, -0.15) is 18.3 Å². The van der Waals surface area contributed by atoms with Crippen LogP contribution in [0.5, 0.6) is 0 Å². The van der Waals surface area contributed by atoms with Gasteiger partial charge in [-0.1, -0.05) is 19.1 Å². The van der Waals surface area contributed by atoms with Crippen LogP contribution >= 0.6 is 0 Å². The Hall–Kier alpha value is -1.82. The van der Waals surface area contributed by atoms with Crippen molar-refractivity contribution in [2.24, 2.45) is 0 Å². The fourth-order valence-corrected chi connectivity index (χ4v) is 1.70. The molecule has 19 heavy (non-hydrogen) atoms. The number of aliphatic hydroxyl groups excluding tert-OH is 1. The van der Waals surface area contributed by atoms with Crippen molar-refractivity contribution in [1.82, 2.24) is 9.78 Å². The van der Waals surface area contributed by atoms with Gasteiger partial charge in [0.05, 0.1) is 11.8 Å². The Morgan fingerprint density at radius 3 is 2.32 bits per heavy atom. The lowest BCUT2D eigenvalue weighted by molar-refractivity contribution is -0.141. The van der Waals surface area contributed by atoms with Gasteiger partial charge in [0, 0.05) is 6.20 Å². The molecule has 0 aliphatic rings. The maximum Gasteiger partial charge on any atom is 0.435 e. The van der Waals surface area contributed by atoms with Crippen molar-refractivity contribution in [2.75, 3.05) is 0 Å². The van der Waals surface area contributed by atoms with Gasteiger partial charge < -0.3 is 5.11 Å². The number of aliphatic hydroxyl groups is 1. The third kappa shape index (κ3) is 2.96. The normalized spacial score (nSPS) is 13.5. The molecule has 0 aliphatic carbocycles. The minimum atomic E-state index is -4.44. The second kappa shape index (κ2) is 5.05. The molecular weight excluding hydrogens is 257 g/mol. The van der Waals surface area contributed by atoms with Crippen LogP contribution in [0.1, 0.15) is 30.7 Å². The highest BCUT2D eigenvalue weighted by Crippen LogP contribution is 2.28. The van der Waals surface area contributed by atoms with Crippen molar-refractivity contribution < 1.29 is 18.3 Å². The summed E-state index contributed by atoms with van der Waals surface area (Å²) < 4.78 is 38.4. The molecule has 0 saturated carbocycles. The predicted molar refractivity (Wildman–Crippen MR) is 63.8 cm³/mol. The van der Waals surface area contributed by atoms with E-state index in [-0.39, 0.29) is 0 Å². The maximum atomic E-state index is 12.4. The Kier molecular flexibility index (Phi) is 3.61. The molecule has 0 amide bonds. The molecule has 0 aliphatic heterocycles. The van der Waals surface area contributed by atoms with E-state index in [1.165, 1.54) is 6.20 Å². The molecule has 2 rings (SSSR count). The summed E-state index contributed by atoms with van der Waals surface area (Å²) >= 11 is 0. The second-order valence-electron chi connectivity index (χ2n) is 4.16. The van der Waals surface area contributed by atoms with Gasteiger partial charge in [0.1, 0.15) is 0 Å². The quantitative estimate of drug-likeness (QED) is 0.929. The number of hydrogen-bond donors (Lipinski definition) is 1. The van der Waals surface area contributed by atoms with Crippen LogP contribution in [0.25, 0.3) is 5.69 Å². The Balaban J connectivity index is 2.25. The minimum absolute atomic E-state index is 0.516. The molecule has 1 aromatic heterocycles. The van der Waals surface area contributed by atoms with E-state index in [2.05, 4.69) is 5.10 Å². The van der Waals surface area contributed by atoms with Crippen molar-refractivity contribution in [3.63, 3.8) is 0 Å². The first-order valence-corrected chi connectivity index (χ1v) is 5.83. The summed E-state index contributed by atoms with van der Waals surface area (Å²) in [5.74, 6) is 0. The smallest absolute Gasteiger partial charge is 0.388 e.